The number of methoxy groups -OCH3 is 1. The summed E-state index contributed by atoms with van der Waals surface area (Å²) in [6.45, 7) is 0.538. The van der Waals surface area contributed by atoms with Crippen LogP contribution < -0.4 is 23.6 Å². The molecule has 4 rings (SSSR count). The first kappa shape index (κ1) is 21.0. The Kier molecular flexibility index (Phi) is 5.48. The number of hydrogen-bond acceptors (Lipinski definition) is 5. The van der Waals surface area contributed by atoms with E-state index in [9.17, 15) is 18.0 Å². The second kappa shape index (κ2) is 8.10. The fourth-order valence-corrected chi connectivity index (χ4v) is 5.32. The Morgan fingerprint density at radius 2 is 1.81 bits per heavy atom. The second-order valence-corrected chi connectivity index (χ2v) is 9.31. The van der Waals surface area contributed by atoms with E-state index < -0.39 is 16.1 Å². The summed E-state index contributed by atoms with van der Waals surface area (Å²) in [6, 6.07) is 14.1. The molecule has 2 amide bonds. The first-order valence-corrected chi connectivity index (χ1v) is 11.3. The van der Waals surface area contributed by atoms with Crippen LogP contribution in [0.3, 0.4) is 0 Å². The van der Waals surface area contributed by atoms with Gasteiger partial charge in [0, 0.05) is 32.2 Å². The molecule has 0 aromatic heterocycles. The maximum atomic E-state index is 12.6. The highest BCUT2D eigenvalue weighted by Gasteiger charge is 2.38. The fourth-order valence-electron chi connectivity index (χ4n) is 3.89. The minimum Gasteiger partial charge on any atom is -0.497 e. The van der Waals surface area contributed by atoms with Gasteiger partial charge in [0.1, 0.15) is 5.75 Å². The molecule has 1 saturated heterocycles. The lowest BCUT2D eigenvalue weighted by Gasteiger charge is -2.20. The Morgan fingerprint density at radius 3 is 2.48 bits per heavy atom. The van der Waals surface area contributed by atoms with Crippen LogP contribution in [0.15, 0.2) is 48.5 Å². The van der Waals surface area contributed by atoms with E-state index in [0.29, 0.717) is 22.8 Å². The second-order valence-electron chi connectivity index (χ2n) is 7.43. The van der Waals surface area contributed by atoms with Crippen LogP contribution in [-0.4, -0.2) is 54.0 Å². The third-order valence-corrected chi connectivity index (χ3v) is 7.43. The summed E-state index contributed by atoms with van der Waals surface area (Å²) in [5, 5.41) is 2.78. The summed E-state index contributed by atoms with van der Waals surface area (Å²) in [7, 11) is -0.584. The summed E-state index contributed by atoms with van der Waals surface area (Å²) in [6.07, 6.45) is 0.117. The number of nitrogens with zero attached hydrogens (tertiary/aromatic N) is 3. The average Bonchev–Trinajstić information content (AvgIpc) is 3.25. The molecule has 2 aliphatic rings. The molecule has 9 nitrogen and oxygen atoms in total. The van der Waals surface area contributed by atoms with Crippen molar-refractivity contribution in [1.29, 1.82) is 0 Å². The number of hydrogen-bond donors (Lipinski definition) is 1. The zero-order chi connectivity index (χ0) is 22.2. The van der Waals surface area contributed by atoms with Gasteiger partial charge in [-0.2, -0.15) is 8.42 Å². The van der Waals surface area contributed by atoms with Crippen molar-refractivity contribution < 1.29 is 22.7 Å². The van der Waals surface area contributed by atoms with Crippen molar-refractivity contribution in [3.05, 3.63) is 48.5 Å². The number of anilines is 3. The van der Waals surface area contributed by atoms with E-state index in [4.69, 9.17) is 4.74 Å². The number of amides is 2. The third kappa shape index (κ3) is 3.78. The summed E-state index contributed by atoms with van der Waals surface area (Å²) in [5.74, 6) is -0.181. The minimum atomic E-state index is -3.66. The Bertz CT molecular complexity index is 1100. The molecule has 164 valence electrons. The molecular weight excluding hydrogens is 420 g/mol. The molecule has 0 unspecified atom stereocenters. The molecule has 2 aliphatic heterocycles. The number of carbonyl (C=O) groups is 2. The van der Waals surface area contributed by atoms with Crippen molar-refractivity contribution in [3.63, 3.8) is 0 Å². The molecular formula is C21H24N4O5S. The number of ether oxygens (including phenoxy) is 1. The van der Waals surface area contributed by atoms with E-state index in [1.54, 1.807) is 60.5 Å². The number of rotatable bonds is 6. The first-order chi connectivity index (χ1) is 14.8. The van der Waals surface area contributed by atoms with Gasteiger partial charge in [0.2, 0.25) is 11.8 Å². The number of fused-ring (bicyclic) bond motifs is 1. The van der Waals surface area contributed by atoms with Crippen molar-refractivity contribution in [2.75, 3.05) is 47.3 Å². The van der Waals surface area contributed by atoms with Gasteiger partial charge in [-0.25, -0.2) is 4.31 Å². The number of para-hydroxylation sites is 2. The molecule has 1 fully saturated rings. The van der Waals surface area contributed by atoms with Gasteiger partial charge in [0.15, 0.2) is 0 Å². The molecule has 10 heteroatoms. The summed E-state index contributed by atoms with van der Waals surface area (Å²) in [4.78, 5) is 26.6. The molecule has 0 bridgehead atoms. The zero-order valence-corrected chi connectivity index (χ0v) is 18.1. The molecule has 2 heterocycles. The zero-order valence-electron chi connectivity index (χ0n) is 17.3. The van der Waals surface area contributed by atoms with Crippen LogP contribution in [0, 0.1) is 5.92 Å². The van der Waals surface area contributed by atoms with Crippen LogP contribution in [-0.2, 0) is 19.8 Å². The Hall–Kier alpha value is -3.27. The van der Waals surface area contributed by atoms with E-state index in [0.717, 1.165) is 0 Å². The van der Waals surface area contributed by atoms with Crippen molar-refractivity contribution in [3.8, 4) is 5.75 Å². The van der Waals surface area contributed by atoms with Crippen LogP contribution in [0.2, 0.25) is 0 Å². The SMILES string of the molecule is COc1ccc(N2C[C@@H](C(=O)NCCN3c4ccccc4N(C)S3(=O)=O)CC2=O)cc1. The minimum absolute atomic E-state index is 0.109. The number of benzene rings is 2. The van der Waals surface area contributed by atoms with Gasteiger partial charge < -0.3 is 15.0 Å². The highest BCUT2D eigenvalue weighted by Crippen LogP contribution is 2.39. The number of nitrogens with one attached hydrogen (secondary N) is 1. The molecule has 0 radical (unpaired) electrons. The fraction of sp³-hybridized carbons (Fsp3) is 0.333. The van der Waals surface area contributed by atoms with Crippen LogP contribution in [0.5, 0.6) is 5.75 Å². The van der Waals surface area contributed by atoms with E-state index >= 15 is 0 Å². The van der Waals surface area contributed by atoms with Gasteiger partial charge in [-0.05, 0) is 36.4 Å². The van der Waals surface area contributed by atoms with Gasteiger partial charge in [-0.3, -0.25) is 13.9 Å². The smallest absolute Gasteiger partial charge is 0.326 e. The molecule has 0 spiro atoms. The van der Waals surface area contributed by atoms with Crippen LogP contribution in [0.4, 0.5) is 17.1 Å². The van der Waals surface area contributed by atoms with Crippen molar-refractivity contribution >= 4 is 39.1 Å². The third-order valence-electron chi connectivity index (χ3n) is 5.61. The van der Waals surface area contributed by atoms with Gasteiger partial charge >= 0.3 is 10.2 Å². The highest BCUT2D eigenvalue weighted by molar-refractivity contribution is 7.94. The van der Waals surface area contributed by atoms with E-state index in [2.05, 4.69) is 5.32 Å². The summed E-state index contributed by atoms with van der Waals surface area (Å²) in [5.41, 5.74) is 1.90. The molecule has 1 atom stereocenters. The van der Waals surface area contributed by atoms with E-state index in [1.807, 2.05) is 0 Å². The van der Waals surface area contributed by atoms with Crippen molar-refractivity contribution in [2.24, 2.45) is 5.92 Å². The van der Waals surface area contributed by atoms with E-state index in [1.165, 1.54) is 15.7 Å². The van der Waals surface area contributed by atoms with Crippen LogP contribution in [0.25, 0.3) is 0 Å². The lowest BCUT2D eigenvalue weighted by Crippen LogP contribution is -2.42. The maximum absolute atomic E-state index is 12.6. The number of carbonyl (C=O) groups excluding carboxylic acids is 2. The molecule has 0 saturated carbocycles. The largest absolute Gasteiger partial charge is 0.497 e. The van der Waals surface area contributed by atoms with Gasteiger partial charge in [-0.15, -0.1) is 0 Å². The van der Waals surface area contributed by atoms with Gasteiger partial charge in [0.05, 0.1) is 30.9 Å². The summed E-state index contributed by atoms with van der Waals surface area (Å²) >= 11 is 0. The molecule has 2 aromatic carbocycles. The molecule has 0 aliphatic carbocycles. The topological polar surface area (TPSA) is 99.3 Å². The van der Waals surface area contributed by atoms with Crippen LogP contribution >= 0.6 is 0 Å². The Balaban J connectivity index is 1.36. The summed E-state index contributed by atoms with van der Waals surface area (Å²) < 4.78 is 32.9. The van der Waals surface area contributed by atoms with E-state index in [-0.39, 0.29) is 37.9 Å². The quantitative estimate of drug-likeness (QED) is 0.726. The first-order valence-electron chi connectivity index (χ1n) is 9.90. The molecule has 1 N–H and O–H groups in total. The van der Waals surface area contributed by atoms with Gasteiger partial charge in [0.25, 0.3) is 0 Å². The average molecular weight is 445 g/mol. The highest BCUT2D eigenvalue weighted by atomic mass is 32.2. The van der Waals surface area contributed by atoms with Crippen molar-refractivity contribution in [2.45, 2.75) is 6.42 Å². The molecule has 2 aromatic rings. The standard InChI is InChI=1S/C21H24N4O5S/c1-23-18-5-3-4-6-19(18)25(31(23,28)29)12-11-22-21(27)15-13-20(26)24(14-15)16-7-9-17(30-2)10-8-16/h3-10,15H,11-14H2,1-2H3,(H,22,27)/t15-/m0/s1. The van der Waals surface area contributed by atoms with Crippen LogP contribution in [0.1, 0.15) is 6.42 Å². The van der Waals surface area contributed by atoms with Gasteiger partial charge in [-0.1, -0.05) is 12.1 Å². The normalized spacial score (nSPS) is 19.5. The Labute approximate surface area is 181 Å². The monoisotopic (exact) mass is 444 g/mol. The lowest BCUT2D eigenvalue weighted by molar-refractivity contribution is -0.126. The predicted molar refractivity (Wildman–Crippen MR) is 118 cm³/mol. The maximum Gasteiger partial charge on any atom is 0.326 e. The predicted octanol–water partition coefficient (Wildman–Crippen LogP) is 1.37. The van der Waals surface area contributed by atoms with Crippen molar-refractivity contribution in [1.82, 2.24) is 5.32 Å². The Morgan fingerprint density at radius 1 is 1.13 bits per heavy atom. The lowest BCUT2D eigenvalue weighted by atomic mass is 10.1. The molecule has 31 heavy (non-hydrogen) atoms.